The molecule has 0 aliphatic heterocycles. The maximum Gasteiger partial charge on any atom is 0.157 e. The number of aliphatic hydroxyl groups is 2. The predicted molar refractivity (Wildman–Crippen MR) is 85.9 cm³/mol. The minimum atomic E-state index is -0.782. The van der Waals surface area contributed by atoms with E-state index in [2.05, 4.69) is 6.92 Å². The second-order valence-electron chi connectivity index (χ2n) is 6.17. The van der Waals surface area contributed by atoms with Gasteiger partial charge in [-0.3, -0.25) is 0 Å². The van der Waals surface area contributed by atoms with Crippen molar-refractivity contribution in [1.29, 1.82) is 0 Å². The summed E-state index contributed by atoms with van der Waals surface area (Å²) in [5.74, 6) is 0. The fourth-order valence-corrected chi connectivity index (χ4v) is 1.43. The molecule has 0 rings (SSSR count). The van der Waals surface area contributed by atoms with Crippen molar-refractivity contribution in [2.45, 2.75) is 71.2 Å². The van der Waals surface area contributed by atoms with Gasteiger partial charge in [0.15, 0.2) is 6.29 Å². The summed E-state index contributed by atoms with van der Waals surface area (Å²) < 4.78 is 11.3. The van der Waals surface area contributed by atoms with E-state index in [1.807, 2.05) is 0 Å². The van der Waals surface area contributed by atoms with E-state index in [9.17, 15) is 0 Å². The second kappa shape index (κ2) is 11.3. The van der Waals surface area contributed by atoms with Gasteiger partial charge in [0.05, 0.1) is 37.5 Å². The van der Waals surface area contributed by atoms with E-state index in [1.165, 1.54) is 0 Å². The second-order valence-corrected chi connectivity index (χ2v) is 6.17. The molecule has 130 valence electrons. The minimum Gasteiger partial charge on any atom is -0.394 e. The first-order valence-corrected chi connectivity index (χ1v) is 7.29. The molecule has 0 saturated heterocycles. The van der Waals surface area contributed by atoms with Crippen molar-refractivity contribution in [2.75, 3.05) is 26.4 Å². The van der Waals surface area contributed by atoms with Crippen LogP contribution in [0.3, 0.4) is 0 Å². The fourth-order valence-electron chi connectivity index (χ4n) is 1.43. The number of nitrogens with two attached hydrogens (primary N) is 2. The Morgan fingerprint density at radius 2 is 1.38 bits per heavy atom. The number of aliphatic hydroxyl groups excluding tert-OH is 2. The van der Waals surface area contributed by atoms with Crippen molar-refractivity contribution >= 4 is 0 Å². The van der Waals surface area contributed by atoms with E-state index in [4.69, 9.17) is 31.2 Å². The molecule has 6 heteroatoms. The maximum absolute atomic E-state index is 9.12. The third-order valence-electron chi connectivity index (χ3n) is 2.96. The topological polar surface area (TPSA) is 111 Å². The molecule has 2 unspecified atom stereocenters. The number of hydrogen-bond acceptors (Lipinski definition) is 6. The van der Waals surface area contributed by atoms with Crippen LogP contribution in [0.2, 0.25) is 0 Å². The Labute approximate surface area is 129 Å². The molecule has 0 spiro atoms. The lowest BCUT2D eigenvalue weighted by molar-refractivity contribution is -0.167. The number of unbranched alkanes of at least 4 members (excludes halogenated alkanes) is 2. The SMILES string of the molecule is C.CCCCCC(OCC(C)(N)CO)OCC(C)(N)CO. The zero-order chi connectivity index (χ0) is 15.6. The average Bonchev–Trinajstić information content (AvgIpc) is 2.41. The van der Waals surface area contributed by atoms with E-state index in [1.54, 1.807) is 13.8 Å². The van der Waals surface area contributed by atoms with Crippen molar-refractivity contribution in [3.05, 3.63) is 0 Å². The Bertz CT molecular complexity index is 228. The molecule has 0 fully saturated rings. The molecule has 0 aliphatic carbocycles. The maximum atomic E-state index is 9.12. The van der Waals surface area contributed by atoms with Gasteiger partial charge in [0.1, 0.15) is 0 Å². The summed E-state index contributed by atoms with van der Waals surface area (Å²) in [7, 11) is 0. The lowest BCUT2D eigenvalue weighted by Gasteiger charge is -2.29. The molecular weight excluding hydrogens is 272 g/mol. The first-order chi connectivity index (χ1) is 9.26. The van der Waals surface area contributed by atoms with Crippen molar-refractivity contribution in [1.82, 2.24) is 0 Å². The van der Waals surface area contributed by atoms with E-state index in [0.717, 1.165) is 25.7 Å². The van der Waals surface area contributed by atoms with Crippen LogP contribution in [-0.4, -0.2) is 54.0 Å². The van der Waals surface area contributed by atoms with Gasteiger partial charge >= 0.3 is 0 Å². The van der Waals surface area contributed by atoms with Crippen LogP contribution in [-0.2, 0) is 9.47 Å². The third kappa shape index (κ3) is 12.0. The Morgan fingerprint density at radius 1 is 0.952 bits per heavy atom. The van der Waals surface area contributed by atoms with Crippen LogP contribution < -0.4 is 11.5 Å². The Kier molecular flexibility index (Phi) is 12.4. The predicted octanol–water partition coefficient (Wildman–Crippen LogP) is 0.982. The first-order valence-electron chi connectivity index (χ1n) is 7.29. The summed E-state index contributed by atoms with van der Waals surface area (Å²) in [6.07, 6.45) is 3.54. The van der Waals surface area contributed by atoms with E-state index >= 15 is 0 Å². The van der Waals surface area contributed by atoms with Crippen LogP contribution in [0, 0.1) is 0 Å². The Balaban J connectivity index is 0. The number of ether oxygens (including phenoxy) is 2. The summed E-state index contributed by atoms with van der Waals surface area (Å²) in [5.41, 5.74) is 10.1. The highest BCUT2D eigenvalue weighted by molar-refractivity contribution is 4.78. The van der Waals surface area contributed by atoms with Gasteiger partial charge in [0.25, 0.3) is 0 Å². The number of rotatable bonds is 12. The van der Waals surface area contributed by atoms with Gasteiger partial charge in [-0.15, -0.1) is 0 Å². The van der Waals surface area contributed by atoms with Crippen LogP contribution >= 0.6 is 0 Å². The molecule has 6 N–H and O–H groups in total. The largest absolute Gasteiger partial charge is 0.394 e. The summed E-state index contributed by atoms with van der Waals surface area (Å²) >= 11 is 0. The van der Waals surface area contributed by atoms with Gasteiger partial charge in [0.2, 0.25) is 0 Å². The molecule has 0 aromatic rings. The van der Waals surface area contributed by atoms with Crippen molar-refractivity contribution in [3.63, 3.8) is 0 Å². The third-order valence-corrected chi connectivity index (χ3v) is 2.96. The molecule has 0 aromatic carbocycles. The smallest absolute Gasteiger partial charge is 0.157 e. The molecule has 21 heavy (non-hydrogen) atoms. The van der Waals surface area contributed by atoms with Gasteiger partial charge in [-0.1, -0.05) is 27.2 Å². The quantitative estimate of drug-likeness (QED) is 0.316. The van der Waals surface area contributed by atoms with Gasteiger partial charge in [-0.25, -0.2) is 0 Å². The molecular formula is C15H36N2O4. The highest BCUT2D eigenvalue weighted by atomic mass is 16.7. The molecule has 0 heterocycles. The summed E-state index contributed by atoms with van der Waals surface area (Å²) in [5, 5.41) is 18.2. The normalized spacial score (nSPS) is 18.4. The van der Waals surface area contributed by atoms with Gasteiger partial charge in [0, 0.05) is 0 Å². The fraction of sp³-hybridized carbons (Fsp3) is 1.00. The average molecular weight is 308 g/mol. The zero-order valence-corrected chi connectivity index (χ0v) is 13.1. The molecule has 0 bridgehead atoms. The van der Waals surface area contributed by atoms with Crippen LogP contribution in [0.15, 0.2) is 0 Å². The summed E-state index contributed by atoms with van der Waals surface area (Å²) in [6.45, 7) is 5.68. The van der Waals surface area contributed by atoms with Crippen LogP contribution in [0.5, 0.6) is 0 Å². The van der Waals surface area contributed by atoms with Gasteiger partial charge < -0.3 is 31.2 Å². The van der Waals surface area contributed by atoms with Crippen LogP contribution in [0.4, 0.5) is 0 Å². The van der Waals surface area contributed by atoms with E-state index in [-0.39, 0.29) is 33.9 Å². The summed E-state index contributed by atoms with van der Waals surface area (Å²) in [6, 6.07) is 0. The van der Waals surface area contributed by atoms with E-state index < -0.39 is 17.4 Å². The molecule has 6 nitrogen and oxygen atoms in total. The monoisotopic (exact) mass is 308 g/mol. The lowest BCUT2D eigenvalue weighted by atomic mass is 10.1. The van der Waals surface area contributed by atoms with Crippen molar-refractivity contribution < 1.29 is 19.7 Å². The number of hydrogen-bond donors (Lipinski definition) is 4. The van der Waals surface area contributed by atoms with Crippen LogP contribution in [0.1, 0.15) is 53.9 Å². The van der Waals surface area contributed by atoms with Crippen LogP contribution in [0.25, 0.3) is 0 Å². The summed E-state index contributed by atoms with van der Waals surface area (Å²) in [4.78, 5) is 0. The Hall–Kier alpha value is -0.240. The highest BCUT2D eigenvalue weighted by Crippen LogP contribution is 2.12. The molecule has 2 atom stereocenters. The molecule has 0 aliphatic rings. The van der Waals surface area contributed by atoms with Crippen molar-refractivity contribution in [2.24, 2.45) is 11.5 Å². The Morgan fingerprint density at radius 3 is 1.71 bits per heavy atom. The van der Waals surface area contributed by atoms with Gasteiger partial charge in [-0.05, 0) is 26.7 Å². The first kappa shape index (κ1) is 23.0. The minimum absolute atomic E-state index is 0. The lowest BCUT2D eigenvalue weighted by Crippen LogP contribution is -2.48. The van der Waals surface area contributed by atoms with Gasteiger partial charge in [-0.2, -0.15) is 0 Å². The standard InChI is InChI=1S/C14H32N2O4.CH4/c1-4-5-6-7-12(19-10-13(2,15)8-17)20-11-14(3,16)9-18;/h12,17-18H,4-11,15-16H2,1-3H3;1H4. The highest BCUT2D eigenvalue weighted by Gasteiger charge is 2.23. The van der Waals surface area contributed by atoms with E-state index in [0.29, 0.717) is 0 Å². The molecule has 0 radical (unpaired) electrons. The molecule has 0 amide bonds. The van der Waals surface area contributed by atoms with Crippen molar-refractivity contribution in [3.8, 4) is 0 Å². The zero-order valence-electron chi connectivity index (χ0n) is 13.1. The molecule has 0 aromatic heterocycles. The molecule has 0 saturated carbocycles.